The van der Waals surface area contributed by atoms with Crippen molar-refractivity contribution in [1.29, 1.82) is 0 Å². The van der Waals surface area contributed by atoms with Gasteiger partial charge in [0.05, 0.1) is 13.0 Å². The molecule has 1 aromatic carbocycles. The van der Waals surface area contributed by atoms with Gasteiger partial charge < -0.3 is 10.4 Å². The molecule has 0 aliphatic heterocycles. The maximum atomic E-state index is 13.4. The van der Waals surface area contributed by atoms with Crippen LogP contribution in [0.3, 0.4) is 0 Å². The van der Waals surface area contributed by atoms with E-state index < -0.39 is 11.4 Å². The van der Waals surface area contributed by atoms with Crippen molar-refractivity contribution in [1.82, 2.24) is 5.32 Å². The summed E-state index contributed by atoms with van der Waals surface area (Å²) in [6.45, 7) is 1.73. The minimum absolute atomic E-state index is 0.0353. The predicted octanol–water partition coefficient (Wildman–Crippen LogP) is 2.45. The van der Waals surface area contributed by atoms with Gasteiger partial charge >= 0.3 is 0 Å². The summed E-state index contributed by atoms with van der Waals surface area (Å²) in [5, 5.41) is 16.6. The molecule has 0 fully saturated rings. The second kappa shape index (κ2) is 6.15. The Morgan fingerprint density at radius 3 is 2.80 bits per heavy atom. The van der Waals surface area contributed by atoms with E-state index in [1.54, 1.807) is 25.1 Å². The highest BCUT2D eigenvalue weighted by Gasteiger charge is 2.24. The Balaban J connectivity index is 1.91. The van der Waals surface area contributed by atoms with Gasteiger partial charge in [0.1, 0.15) is 11.4 Å². The summed E-state index contributed by atoms with van der Waals surface area (Å²) in [4.78, 5) is 11.8. The quantitative estimate of drug-likeness (QED) is 0.889. The first-order chi connectivity index (χ1) is 9.49. The molecular formula is C15H16FNO2S. The van der Waals surface area contributed by atoms with Gasteiger partial charge in [0.2, 0.25) is 5.91 Å². The lowest BCUT2D eigenvalue weighted by atomic mass is 9.99. The summed E-state index contributed by atoms with van der Waals surface area (Å²) in [7, 11) is 0. The number of benzene rings is 1. The van der Waals surface area contributed by atoms with Gasteiger partial charge in [0, 0.05) is 0 Å². The number of carbonyl (C=O) groups excluding carboxylic acids is 1. The smallest absolute Gasteiger partial charge is 0.224 e. The molecule has 1 heterocycles. The lowest BCUT2D eigenvalue weighted by Crippen LogP contribution is -2.39. The van der Waals surface area contributed by atoms with E-state index in [4.69, 9.17) is 0 Å². The third-order valence-corrected chi connectivity index (χ3v) is 3.76. The van der Waals surface area contributed by atoms with E-state index in [-0.39, 0.29) is 18.9 Å². The number of hydrogen-bond donors (Lipinski definition) is 2. The fourth-order valence-corrected chi connectivity index (χ4v) is 2.60. The molecule has 1 aromatic heterocycles. The topological polar surface area (TPSA) is 49.3 Å². The summed E-state index contributed by atoms with van der Waals surface area (Å²) < 4.78 is 13.4. The molecule has 2 N–H and O–H groups in total. The van der Waals surface area contributed by atoms with Crippen molar-refractivity contribution in [3.63, 3.8) is 0 Å². The van der Waals surface area contributed by atoms with E-state index in [9.17, 15) is 14.3 Å². The molecular weight excluding hydrogens is 277 g/mol. The SMILES string of the molecule is CC(O)(CNC(=O)Cc1ccccc1F)c1ccsc1. The first kappa shape index (κ1) is 14.7. The molecule has 2 aromatic rings. The molecule has 1 amide bonds. The normalized spacial score (nSPS) is 13.8. The molecule has 5 heteroatoms. The first-order valence-corrected chi connectivity index (χ1v) is 7.18. The highest BCUT2D eigenvalue weighted by atomic mass is 32.1. The minimum Gasteiger partial charge on any atom is -0.384 e. The Morgan fingerprint density at radius 1 is 1.40 bits per heavy atom. The fourth-order valence-electron chi connectivity index (χ4n) is 1.82. The van der Waals surface area contributed by atoms with Crippen LogP contribution in [-0.4, -0.2) is 17.6 Å². The van der Waals surface area contributed by atoms with E-state index in [0.717, 1.165) is 5.56 Å². The molecule has 1 atom stereocenters. The number of aliphatic hydroxyl groups is 1. The van der Waals surface area contributed by atoms with Crippen LogP contribution in [0.25, 0.3) is 0 Å². The molecule has 0 saturated carbocycles. The predicted molar refractivity (Wildman–Crippen MR) is 77.0 cm³/mol. The molecule has 0 spiro atoms. The van der Waals surface area contributed by atoms with Gasteiger partial charge in [0.25, 0.3) is 0 Å². The zero-order valence-electron chi connectivity index (χ0n) is 11.1. The third kappa shape index (κ3) is 3.65. The molecule has 0 bridgehead atoms. The molecule has 2 rings (SSSR count). The van der Waals surface area contributed by atoms with Gasteiger partial charge in [-0.2, -0.15) is 11.3 Å². The summed E-state index contributed by atoms with van der Waals surface area (Å²) in [6, 6.07) is 7.98. The van der Waals surface area contributed by atoms with Crippen LogP contribution in [0.15, 0.2) is 41.1 Å². The van der Waals surface area contributed by atoms with Crippen LogP contribution in [0, 0.1) is 5.82 Å². The Hall–Kier alpha value is -1.72. The summed E-state index contributed by atoms with van der Waals surface area (Å²) in [6.07, 6.45) is -0.0353. The van der Waals surface area contributed by atoms with Crippen LogP contribution in [0.5, 0.6) is 0 Å². The zero-order chi connectivity index (χ0) is 14.6. The highest BCUT2D eigenvalue weighted by molar-refractivity contribution is 7.08. The van der Waals surface area contributed by atoms with Crippen molar-refractivity contribution in [3.8, 4) is 0 Å². The average Bonchev–Trinajstić information content (AvgIpc) is 2.94. The first-order valence-electron chi connectivity index (χ1n) is 6.24. The number of amides is 1. The number of hydrogen-bond acceptors (Lipinski definition) is 3. The Kier molecular flexibility index (Phi) is 4.52. The third-order valence-electron chi connectivity index (χ3n) is 3.08. The second-order valence-corrected chi connectivity index (χ2v) is 5.61. The van der Waals surface area contributed by atoms with Gasteiger partial charge in [0.15, 0.2) is 0 Å². The number of halogens is 1. The van der Waals surface area contributed by atoms with Crippen LogP contribution >= 0.6 is 11.3 Å². The Labute approximate surface area is 121 Å². The average molecular weight is 293 g/mol. The van der Waals surface area contributed by atoms with Gasteiger partial charge in [-0.3, -0.25) is 4.79 Å². The maximum Gasteiger partial charge on any atom is 0.224 e. The summed E-state index contributed by atoms with van der Waals surface area (Å²) in [5.74, 6) is -0.710. The van der Waals surface area contributed by atoms with Crippen LogP contribution in [0.2, 0.25) is 0 Å². The molecule has 106 valence electrons. The number of carbonyl (C=O) groups is 1. The van der Waals surface area contributed by atoms with E-state index in [0.29, 0.717) is 5.56 Å². The summed E-state index contributed by atoms with van der Waals surface area (Å²) in [5.41, 5.74) is -0.0147. The van der Waals surface area contributed by atoms with Gasteiger partial charge in [-0.15, -0.1) is 0 Å². The second-order valence-electron chi connectivity index (χ2n) is 4.83. The number of nitrogens with one attached hydrogen (secondary N) is 1. The molecule has 0 aliphatic carbocycles. The summed E-state index contributed by atoms with van der Waals surface area (Å²) >= 11 is 1.48. The molecule has 3 nitrogen and oxygen atoms in total. The van der Waals surface area contributed by atoms with E-state index in [2.05, 4.69) is 5.32 Å². The van der Waals surface area contributed by atoms with Crippen molar-refractivity contribution < 1.29 is 14.3 Å². The molecule has 0 saturated heterocycles. The monoisotopic (exact) mass is 293 g/mol. The van der Waals surface area contributed by atoms with Crippen LogP contribution in [0.4, 0.5) is 4.39 Å². The van der Waals surface area contributed by atoms with Crippen molar-refractivity contribution in [2.24, 2.45) is 0 Å². The highest BCUT2D eigenvalue weighted by Crippen LogP contribution is 2.22. The van der Waals surface area contributed by atoms with Crippen LogP contribution in [-0.2, 0) is 16.8 Å². The van der Waals surface area contributed by atoms with Crippen molar-refractivity contribution >= 4 is 17.2 Å². The van der Waals surface area contributed by atoms with E-state index in [1.165, 1.54) is 17.4 Å². The van der Waals surface area contributed by atoms with Crippen LogP contribution in [0.1, 0.15) is 18.1 Å². The van der Waals surface area contributed by atoms with E-state index >= 15 is 0 Å². The molecule has 0 radical (unpaired) electrons. The van der Waals surface area contributed by atoms with Crippen LogP contribution < -0.4 is 5.32 Å². The number of rotatable bonds is 5. The van der Waals surface area contributed by atoms with Crippen molar-refractivity contribution in [2.45, 2.75) is 18.9 Å². The fraction of sp³-hybridized carbons (Fsp3) is 0.267. The maximum absolute atomic E-state index is 13.4. The number of thiophene rings is 1. The van der Waals surface area contributed by atoms with Crippen molar-refractivity contribution in [3.05, 3.63) is 58.0 Å². The molecule has 1 unspecified atom stereocenters. The van der Waals surface area contributed by atoms with Gasteiger partial charge in [-0.25, -0.2) is 4.39 Å². The van der Waals surface area contributed by atoms with Gasteiger partial charge in [-0.05, 0) is 40.9 Å². The standard InChI is InChI=1S/C15H16FNO2S/c1-15(19,12-6-7-20-9-12)10-17-14(18)8-11-4-2-3-5-13(11)16/h2-7,9,19H,8,10H2,1H3,(H,17,18). The largest absolute Gasteiger partial charge is 0.384 e. The van der Waals surface area contributed by atoms with Gasteiger partial charge in [-0.1, -0.05) is 18.2 Å². The minimum atomic E-state index is -1.12. The van der Waals surface area contributed by atoms with Crippen molar-refractivity contribution in [2.75, 3.05) is 6.54 Å². The lowest BCUT2D eigenvalue weighted by Gasteiger charge is -2.22. The zero-order valence-corrected chi connectivity index (χ0v) is 11.9. The lowest BCUT2D eigenvalue weighted by molar-refractivity contribution is -0.121. The molecule has 0 aliphatic rings. The van der Waals surface area contributed by atoms with E-state index in [1.807, 2.05) is 16.8 Å². The molecule has 20 heavy (non-hydrogen) atoms. The Morgan fingerprint density at radius 2 is 2.15 bits per heavy atom. The Bertz CT molecular complexity index is 581.